The molecule has 0 aliphatic carbocycles. The van der Waals surface area contributed by atoms with Gasteiger partial charge in [-0.1, -0.05) is 316 Å². The van der Waals surface area contributed by atoms with Crippen LogP contribution in [0.4, 0.5) is 0 Å². The molecule has 4 heteroatoms. The average Bonchev–Trinajstić information content (AvgIpc) is 3.28. The van der Waals surface area contributed by atoms with Crippen LogP contribution in [0.25, 0.3) is 0 Å². The molecule has 0 aliphatic heterocycles. The molecule has 1 aromatic rings. The largest absolute Gasteiger partial charge is 0.294 e. The van der Waals surface area contributed by atoms with E-state index in [2.05, 4.69) is 26.8 Å². The molecule has 0 heterocycles. The van der Waals surface area contributed by atoms with Crippen LogP contribution in [0.15, 0.2) is 17.0 Å². The summed E-state index contributed by atoms with van der Waals surface area (Å²) in [5, 5.41) is 0. The Bertz CT molecular complexity index is 1210. The highest BCUT2D eigenvalue weighted by Gasteiger charge is 2.20. The number of hydrogen-bond donors (Lipinski definition) is 1. The first-order valence-electron chi connectivity index (χ1n) is 29.6. The molecule has 0 saturated carbocycles. The number of aryl methyl sites for hydroxylation is 2. The third kappa shape index (κ3) is 39.2. The van der Waals surface area contributed by atoms with Crippen LogP contribution in [0.2, 0.25) is 0 Å². The van der Waals surface area contributed by atoms with Crippen LogP contribution in [-0.2, 0) is 29.4 Å². The zero-order valence-corrected chi connectivity index (χ0v) is 44.7. The Balaban J connectivity index is 2.51. The molecule has 0 unspecified atom stereocenters. The molecular weight excluding hydrogens is 801 g/mol. The first kappa shape index (κ1) is 61.1. The van der Waals surface area contributed by atoms with Crippen LogP contribution in [-0.4, -0.2) is 13.0 Å². The molecule has 0 radical (unpaired) electrons. The Kier molecular flexibility index (Phi) is 45.1. The quantitative estimate of drug-likeness (QED) is 0.0523. The van der Waals surface area contributed by atoms with Crippen molar-refractivity contribution in [3.05, 3.63) is 28.8 Å². The van der Waals surface area contributed by atoms with E-state index in [1.165, 1.54) is 288 Å². The van der Waals surface area contributed by atoms with Gasteiger partial charge in [-0.25, -0.2) is 0 Å². The van der Waals surface area contributed by atoms with Crippen LogP contribution < -0.4 is 0 Å². The van der Waals surface area contributed by atoms with Crippen molar-refractivity contribution in [3.8, 4) is 0 Å². The van der Waals surface area contributed by atoms with E-state index in [1.54, 1.807) is 0 Å². The van der Waals surface area contributed by atoms with Gasteiger partial charge in [-0.3, -0.25) is 4.55 Å². The fraction of sp³-hybridized carbons (Fsp3) is 0.900. The topological polar surface area (TPSA) is 54.4 Å². The van der Waals surface area contributed by atoms with Gasteiger partial charge in [0.05, 0.1) is 4.90 Å². The Morgan fingerprint density at radius 1 is 0.297 bits per heavy atom. The molecule has 64 heavy (non-hydrogen) atoms. The van der Waals surface area contributed by atoms with E-state index in [-0.39, 0.29) is 4.90 Å². The lowest BCUT2D eigenvalue weighted by Crippen LogP contribution is -2.09. The molecule has 3 nitrogen and oxygen atoms in total. The number of unbranched alkanes of at least 4 members (excludes halogenated alkanes) is 45. The van der Waals surface area contributed by atoms with Crippen molar-refractivity contribution in [1.29, 1.82) is 0 Å². The van der Waals surface area contributed by atoms with Crippen molar-refractivity contribution in [3.63, 3.8) is 0 Å². The van der Waals surface area contributed by atoms with Crippen molar-refractivity contribution in [2.75, 3.05) is 0 Å². The highest BCUT2D eigenvalue weighted by atomic mass is 32.2. The Morgan fingerprint density at radius 3 is 0.766 bits per heavy atom. The van der Waals surface area contributed by atoms with Crippen LogP contribution in [0.3, 0.4) is 0 Å². The minimum Gasteiger partial charge on any atom is -0.282 e. The molecule has 0 aliphatic rings. The van der Waals surface area contributed by atoms with E-state index in [0.717, 1.165) is 56.1 Å². The van der Waals surface area contributed by atoms with Crippen molar-refractivity contribution in [2.24, 2.45) is 0 Å². The third-order valence-electron chi connectivity index (χ3n) is 14.5. The summed E-state index contributed by atoms with van der Waals surface area (Å²) >= 11 is 0. The molecule has 0 aromatic heterocycles. The van der Waals surface area contributed by atoms with Gasteiger partial charge in [-0.2, -0.15) is 8.42 Å². The molecule has 378 valence electrons. The fourth-order valence-electron chi connectivity index (χ4n) is 10.2. The van der Waals surface area contributed by atoms with Gasteiger partial charge in [0.2, 0.25) is 0 Å². The molecule has 0 fully saturated rings. The van der Waals surface area contributed by atoms with E-state index in [9.17, 15) is 13.0 Å². The number of hydrogen-bond acceptors (Lipinski definition) is 2. The van der Waals surface area contributed by atoms with E-state index in [4.69, 9.17) is 0 Å². The predicted octanol–water partition coefficient (Wildman–Crippen LogP) is 21.3. The molecule has 0 amide bonds. The summed E-state index contributed by atoms with van der Waals surface area (Å²) in [6.07, 6.45) is 67.4. The zero-order valence-electron chi connectivity index (χ0n) is 43.9. The summed E-state index contributed by atoms with van der Waals surface area (Å²) in [6.45, 7) is 6.88. The lowest BCUT2D eigenvalue weighted by Gasteiger charge is -2.17. The molecule has 0 atom stereocenters. The minimum atomic E-state index is -4.27. The lowest BCUT2D eigenvalue weighted by molar-refractivity contribution is 0.481. The molecule has 1 N–H and O–H groups in total. The fourth-order valence-corrected chi connectivity index (χ4v) is 11.1. The smallest absolute Gasteiger partial charge is 0.282 e. The summed E-state index contributed by atoms with van der Waals surface area (Å²) in [5.74, 6) is 0. The first-order chi connectivity index (χ1) is 31.4. The van der Waals surface area contributed by atoms with E-state index >= 15 is 0 Å². The number of rotatable bonds is 52. The van der Waals surface area contributed by atoms with Gasteiger partial charge in [0.1, 0.15) is 0 Å². The van der Waals surface area contributed by atoms with Crippen LogP contribution in [0.5, 0.6) is 0 Å². The van der Waals surface area contributed by atoms with Crippen molar-refractivity contribution >= 4 is 10.1 Å². The molecule has 0 bridgehead atoms. The highest BCUT2D eigenvalue weighted by molar-refractivity contribution is 7.85. The summed E-state index contributed by atoms with van der Waals surface area (Å²) < 4.78 is 36.4. The van der Waals surface area contributed by atoms with Gasteiger partial charge < -0.3 is 0 Å². The monoisotopic (exact) mass is 915 g/mol. The SMILES string of the molecule is CCCCCCCCCCCCCCCCCCc1cc(CCCCCCCCCCCCCCCCCC)c(CCCCCCCCCCCCCCCCCC)c(S(=O)(=O)O)c1. The maximum Gasteiger partial charge on any atom is 0.294 e. The van der Waals surface area contributed by atoms with Gasteiger partial charge in [-0.15, -0.1) is 0 Å². The highest BCUT2D eigenvalue weighted by Crippen LogP contribution is 2.28. The normalized spacial score (nSPS) is 11.9. The molecule has 1 rings (SSSR count). The van der Waals surface area contributed by atoms with Crippen LogP contribution >= 0.6 is 0 Å². The summed E-state index contributed by atoms with van der Waals surface area (Å²) in [6, 6.07) is 4.19. The predicted molar refractivity (Wildman–Crippen MR) is 286 cm³/mol. The Hall–Kier alpha value is -0.870. The zero-order chi connectivity index (χ0) is 46.3. The van der Waals surface area contributed by atoms with Crippen molar-refractivity contribution in [1.82, 2.24) is 0 Å². The second-order valence-electron chi connectivity index (χ2n) is 20.9. The lowest BCUT2D eigenvalue weighted by atomic mass is 9.93. The average molecular weight is 916 g/mol. The second-order valence-corrected chi connectivity index (χ2v) is 22.3. The van der Waals surface area contributed by atoms with Crippen LogP contribution in [0.1, 0.15) is 346 Å². The van der Waals surface area contributed by atoms with E-state index in [0.29, 0.717) is 0 Å². The third-order valence-corrected chi connectivity index (χ3v) is 15.5. The second kappa shape index (κ2) is 47.2. The Labute approximate surface area is 403 Å². The maximum atomic E-state index is 12.9. The van der Waals surface area contributed by atoms with E-state index < -0.39 is 10.1 Å². The van der Waals surface area contributed by atoms with Gasteiger partial charge in [0, 0.05) is 0 Å². The number of benzene rings is 1. The van der Waals surface area contributed by atoms with Crippen molar-refractivity contribution in [2.45, 2.75) is 353 Å². The standard InChI is InChI=1S/C60H114O3S/c1-4-7-10-13-16-19-22-25-28-31-34-37-40-43-46-49-52-57-55-58(53-50-47-44-41-38-35-32-29-26-23-20-17-14-11-8-5-2)59(60(56-57)64(61,62)63)54-51-48-45-42-39-36-33-30-27-24-21-18-15-12-9-6-3/h55-56H,4-54H2,1-3H3,(H,61,62,63). The van der Waals surface area contributed by atoms with Gasteiger partial charge in [0.15, 0.2) is 0 Å². The van der Waals surface area contributed by atoms with Gasteiger partial charge in [-0.05, 0) is 61.3 Å². The minimum absolute atomic E-state index is 0.217. The van der Waals surface area contributed by atoms with Gasteiger partial charge in [0.25, 0.3) is 10.1 Å². The molecule has 0 saturated heterocycles. The summed E-state index contributed by atoms with van der Waals surface area (Å²) in [5.41, 5.74) is 3.23. The summed E-state index contributed by atoms with van der Waals surface area (Å²) in [7, 11) is -4.27. The van der Waals surface area contributed by atoms with Gasteiger partial charge >= 0.3 is 0 Å². The van der Waals surface area contributed by atoms with Crippen LogP contribution in [0, 0.1) is 0 Å². The molecule has 1 aromatic carbocycles. The Morgan fingerprint density at radius 2 is 0.516 bits per heavy atom. The summed E-state index contributed by atoms with van der Waals surface area (Å²) in [4.78, 5) is 0.217. The van der Waals surface area contributed by atoms with Crippen molar-refractivity contribution < 1.29 is 13.0 Å². The maximum absolute atomic E-state index is 12.9. The molecule has 0 spiro atoms. The first-order valence-corrected chi connectivity index (χ1v) is 31.0. The molecular formula is C60H114O3S. The van der Waals surface area contributed by atoms with E-state index in [1.807, 2.05) is 6.07 Å².